The van der Waals surface area contributed by atoms with Crippen molar-refractivity contribution in [2.24, 2.45) is 11.7 Å². The second kappa shape index (κ2) is 6.65. The molecule has 0 saturated carbocycles. The van der Waals surface area contributed by atoms with Gasteiger partial charge in [-0.15, -0.1) is 11.8 Å². The summed E-state index contributed by atoms with van der Waals surface area (Å²) in [7, 11) is 0. The van der Waals surface area contributed by atoms with E-state index in [1.807, 2.05) is 29.2 Å². The predicted octanol–water partition coefficient (Wildman–Crippen LogP) is 1.08. The van der Waals surface area contributed by atoms with Crippen LogP contribution >= 0.6 is 11.8 Å². The fourth-order valence-electron chi connectivity index (χ4n) is 2.21. The van der Waals surface area contributed by atoms with Gasteiger partial charge in [-0.2, -0.15) is 0 Å². The number of carbonyl (C=O) groups is 2. The molecule has 0 radical (unpaired) electrons. The molecular weight excluding hydrogens is 274 g/mol. The van der Waals surface area contributed by atoms with Gasteiger partial charge in [0.2, 0.25) is 11.8 Å². The fourth-order valence-corrected chi connectivity index (χ4v) is 3.02. The third-order valence-electron chi connectivity index (χ3n) is 3.49. The number of piperidine rings is 1. The molecule has 1 aromatic rings. The first kappa shape index (κ1) is 14.7. The molecule has 2 amide bonds. The summed E-state index contributed by atoms with van der Waals surface area (Å²) in [6.07, 6.45) is 1.35. The molecule has 0 unspecified atom stereocenters. The van der Waals surface area contributed by atoms with Gasteiger partial charge in [-0.1, -0.05) is 0 Å². The maximum Gasteiger partial charge on any atom is 0.232 e. The highest BCUT2D eigenvalue weighted by Gasteiger charge is 2.25. The predicted molar refractivity (Wildman–Crippen MR) is 80.1 cm³/mol. The Kier molecular flexibility index (Phi) is 4.89. The number of nitrogens with two attached hydrogens (primary N) is 2. The molecule has 2 rings (SSSR count). The minimum atomic E-state index is -0.256. The Morgan fingerprint density at radius 3 is 2.35 bits per heavy atom. The van der Waals surface area contributed by atoms with Crippen molar-refractivity contribution in [1.82, 2.24) is 4.90 Å². The van der Waals surface area contributed by atoms with E-state index in [4.69, 9.17) is 11.5 Å². The van der Waals surface area contributed by atoms with E-state index >= 15 is 0 Å². The number of likely N-dealkylation sites (tertiary alicyclic amines) is 1. The lowest BCUT2D eigenvalue weighted by Crippen LogP contribution is -2.42. The number of rotatable bonds is 4. The Labute approximate surface area is 122 Å². The van der Waals surface area contributed by atoms with Crippen molar-refractivity contribution in [2.75, 3.05) is 24.6 Å². The maximum atomic E-state index is 12.1. The third kappa shape index (κ3) is 3.90. The number of amides is 2. The fraction of sp³-hybridized carbons (Fsp3) is 0.429. The second-order valence-electron chi connectivity index (χ2n) is 4.92. The minimum absolute atomic E-state index is 0.0798. The topological polar surface area (TPSA) is 89.4 Å². The van der Waals surface area contributed by atoms with Gasteiger partial charge in [0.1, 0.15) is 0 Å². The molecule has 1 saturated heterocycles. The van der Waals surface area contributed by atoms with Gasteiger partial charge in [0, 0.05) is 29.6 Å². The van der Waals surface area contributed by atoms with Crippen LogP contribution in [0.4, 0.5) is 5.69 Å². The summed E-state index contributed by atoms with van der Waals surface area (Å²) in [6.45, 7) is 1.24. The van der Waals surface area contributed by atoms with E-state index in [-0.39, 0.29) is 17.7 Å². The number of nitrogens with zero attached hydrogens (tertiary/aromatic N) is 1. The molecule has 1 aliphatic heterocycles. The standard InChI is InChI=1S/C14H19N3O2S/c15-11-1-3-12(4-2-11)20-9-13(18)17-7-5-10(6-8-17)14(16)19/h1-4,10H,5-9,15H2,(H2,16,19). The van der Waals surface area contributed by atoms with Gasteiger partial charge in [0.15, 0.2) is 0 Å². The zero-order valence-corrected chi connectivity index (χ0v) is 12.1. The van der Waals surface area contributed by atoms with Crippen LogP contribution in [0.25, 0.3) is 0 Å². The number of anilines is 1. The second-order valence-corrected chi connectivity index (χ2v) is 5.96. The molecule has 0 spiro atoms. The Morgan fingerprint density at radius 2 is 1.80 bits per heavy atom. The Morgan fingerprint density at radius 1 is 1.20 bits per heavy atom. The molecule has 5 nitrogen and oxygen atoms in total. The van der Waals surface area contributed by atoms with E-state index in [0.717, 1.165) is 4.90 Å². The number of thioether (sulfide) groups is 1. The average Bonchev–Trinajstić information content (AvgIpc) is 2.46. The zero-order chi connectivity index (χ0) is 14.5. The largest absolute Gasteiger partial charge is 0.399 e. The Bertz CT molecular complexity index is 482. The number of hydrogen-bond donors (Lipinski definition) is 2. The maximum absolute atomic E-state index is 12.1. The molecule has 1 heterocycles. The van der Waals surface area contributed by atoms with Gasteiger partial charge < -0.3 is 16.4 Å². The van der Waals surface area contributed by atoms with Crippen LogP contribution in [0.5, 0.6) is 0 Å². The van der Waals surface area contributed by atoms with Gasteiger partial charge in [-0.25, -0.2) is 0 Å². The summed E-state index contributed by atoms with van der Waals surface area (Å²) in [6, 6.07) is 7.47. The van der Waals surface area contributed by atoms with E-state index in [1.54, 1.807) is 0 Å². The minimum Gasteiger partial charge on any atom is -0.399 e. The highest BCUT2D eigenvalue weighted by molar-refractivity contribution is 8.00. The van der Waals surface area contributed by atoms with Gasteiger partial charge in [-0.05, 0) is 37.1 Å². The number of hydrogen-bond acceptors (Lipinski definition) is 4. The first-order valence-electron chi connectivity index (χ1n) is 6.61. The van der Waals surface area contributed by atoms with Gasteiger partial charge >= 0.3 is 0 Å². The molecule has 4 N–H and O–H groups in total. The average molecular weight is 293 g/mol. The van der Waals surface area contributed by atoms with Crippen molar-refractivity contribution in [3.8, 4) is 0 Å². The van der Waals surface area contributed by atoms with Crippen LogP contribution in [0.1, 0.15) is 12.8 Å². The zero-order valence-electron chi connectivity index (χ0n) is 11.2. The van der Waals surface area contributed by atoms with Crippen molar-refractivity contribution in [1.29, 1.82) is 0 Å². The van der Waals surface area contributed by atoms with Crippen LogP contribution < -0.4 is 11.5 Å². The van der Waals surface area contributed by atoms with Gasteiger partial charge in [-0.3, -0.25) is 9.59 Å². The van der Waals surface area contributed by atoms with E-state index < -0.39 is 0 Å². The van der Waals surface area contributed by atoms with Crippen LogP contribution in [-0.4, -0.2) is 35.6 Å². The van der Waals surface area contributed by atoms with Crippen molar-refractivity contribution in [2.45, 2.75) is 17.7 Å². The van der Waals surface area contributed by atoms with Gasteiger partial charge in [0.25, 0.3) is 0 Å². The number of benzene rings is 1. The molecule has 0 aromatic heterocycles. The van der Waals surface area contributed by atoms with Crippen LogP contribution in [0.2, 0.25) is 0 Å². The lowest BCUT2D eigenvalue weighted by molar-refractivity contribution is -0.132. The van der Waals surface area contributed by atoms with Crippen LogP contribution in [0.3, 0.4) is 0 Å². The summed E-state index contributed by atoms with van der Waals surface area (Å²) >= 11 is 1.50. The van der Waals surface area contributed by atoms with E-state index in [2.05, 4.69) is 0 Å². The molecular formula is C14H19N3O2S. The monoisotopic (exact) mass is 293 g/mol. The SMILES string of the molecule is NC(=O)C1CCN(C(=O)CSc2ccc(N)cc2)CC1. The smallest absolute Gasteiger partial charge is 0.232 e. The van der Waals surface area contributed by atoms with E-state index in [1.165, 1.54) is 11.8 Å². The molecule has 6 heteroatoms. The molecule has 1 aromatic carbocycles. The first-order valence-corrected chi connectivity index (χ1v) is 7.60. The van der Waals surface area contributed by atoms with E-state index in [0.29, 0.717) is 37.4 Å². The summed E-state index contributed by atoms with van der Waals surface area (Å²) in [5, 5.41) is 0. The molecule has 0 bridgehead atoms. The normalized spacial score (nSPS) is 16.1. The molecule has 0 atom stereocenters. The number of primary amides is 1. The highest BCUT2D eigenvalue weighted by Crippen LogP contribution is 2.21. The summed E-state index contributed by atoms with van der Waals surface area (Å²) in [5.41, 5.74) is 11.6. The first-order chi connectivity index (χ1) is 9.56. The quantitative estimate of drug-likeness (QED) is 0.642. The molecule has 1 aliphatic rings. The molecule has 108 valence electrons. The summed E-state index contributed by atoms with van der Waals surface area (Å²) in [4.78, 5) is 26.0. The number of nitrogen functional groups attached to an aromatic ring is 1. The molecule has 1 fully saturated rings. The van der Waals surface area contributed by atoms with Crippen LogP contribution in [0.15, 0.2) is 29.2 Å². The van der Waals surface area contributed by atoms with E-state index in [9.17, 15) is 9.59 Å². The lowest BCUT2D eigenvalue weighted by atomic mass is 9.96. The Balaban J connectivity index is 1.78. The lowest BCUT2D eigenvalue weighted by Gasteiger charge is -2.30. The van der Waals surface area contributed by atoms with Crippen molar-refractivity contribution in [3.63, 3.8) is 0 Å². The van der Waals surface area contributed by atoms with Crippen LogP contribution in [-0.2, 0) is 9.59 Å². The molecule has 0 aliphatic carbocycles. The summed E-state index contributed by atoms with van der Waals surface area (Å²) < 4.78 is 0. The van der Waals surface area contributed by atoms with Crippen molar-refractivity contribution >= 4 is 29.3 Å². The third-order valence-corrected chi connectivity index (χ3v) is 4.49. The summed E-state index contributed by atoms with van der Waals surface area (Å²) in [5.74, 6) is 0.178. The Hall–Kier alpha value is -1.69. The highest BCUT2D eigenvalue weighted by atomic mass is 32.2. The molecule has 20 heavy (non-hydrogen) atoms. The van der Waals surface area contributed by atoms with Gasteiger partial charge in [0.05, 0.1) is 5.75 Å². The number of carbonyl (C=O) groups excluding carboxylic acids is 2. The van der Waals surface area contributed by atoms with Crippen molar-refractivity contribution < 1.29 is 9.59 Å². The van der Waals surface area contributed by atoms with Crippen molar-refractivity contribution in [3.05, 3.63) is 24.3 Å². The van der Waals surface area contributed by atoms with Crippen LogP contribution in [0, 0.1) is 5.92 Å².